The zero-order valence-electron chi connectivity index (χ0n) is 8.68. The fourth-order valence-corrected chi connectivity index (χ4v) is 1.72. The number of amides is 1. The lowest BCUT2D eigenvalue weighted by Crippen LogP contribution is -2.31. The molecule has 1 fully saturated rings. The van der Waals surface area contributed by atoms with Gasteiger partial charge in [-0.3, -0.25) is 4.79 Å². The van der Waals surface area contributed by atoms with Gasteiger partial charge in [-0.05, 0) is 38.3 Å². The fourth-order valence-electron chi connectivity index (χ4n) is 1.72. The van der Waals surface area contributed by atoms with Gasteiger partial charge in [-0.15, -0.1) is 0 Å². The van der Waals surface area contributed by atoms with Crippen LogP contribution in [0.25, 0.3) is 0 Å². The van der Waals surface area contributed by atoms with E-state index in [-0.39, 0.29) is 5.91 Å². The maximum Gasteiger partial charge on any atom is 0.222 e. The predicted octanol–water partition coefficient (Wildman–Crippen LogP) is 0.854. The number of carbonyl (C=O) groups excluding carboxylic acids is 1. The van der Waals surface area contributed by atoms with Crippen LogP contribution in [0.5, 0.6) is 0 Å². The predicted molar refractivity (Wildman–Crippen MR) is 53.5 cm³/mol. The van der Waals surface area contributed by atoms with Crippen molar-refractivity contribution in [3.63, 3.8) is 0 Å². The van der Waals surface area contributed by atoms with Crippen LogP contribution in [0.2, 0.25) is 0 Å². The van der Waals surface area contributed by atoms with Gasteiger partial charge in [-0.2, -0.15) is 0 Å². The van der Waals surface area contributed by atoms with E-state index in [4.69, 9.17) is 0 Å². The van der Waals surface area contributed by atoms with Crippen molar-refractivity contribution in [1.29, 1.82) is 0 Å². The molecule has 1 rings (SSSR count). The van der Waals surface area contributed by atoms with Crippen LogP contribution in [0.15, 0.2) is 0 Å². The van der Waals surface area contributed by atoms with Crippen molar-refractivity contribution in [3.05, 3.63) is 0 Å². The SMILES string of the molecule is CN(C)C(=O)CC[C@@H]1CCCNC1. The van der Waals surface area contributed by atoms with Gasteiger partial charge in [0.2, 0.25) is 5.91 Å². The van der Waals surface area contributed by atoms with Crippen molar-refractivity contribution in [2.45, 2.75) is 25.7 Å². The van der Waals surface area contributed by atoms with E-state index in [0.717, 1.165) is 25.4 Å². The van der Waals surface area contributed by atoms with Crippen LogP contribution < -0.4 is 5.32 Å². The standard InChI is InChI=1S/C10H20N2O/c1-12(2)10(13)6-5-9-4-3-7-11-8-9/h9,11H,3-8H2,1-2H3/t9-/m0/s1. The molecule has 1 atom stereocenters. The average molecular weight is 184 g/mol. The normalized spacial score (nSPS) is 22.8. The summed E-state index contributed by atoms with van der Waals surface area (Å²) in [6, 6.07) is 0. The van der Waals surface area contributed by atoms with E-state index in [1.54, 1.807) is 4.90 Å². The molecule has 13 heavy (non-hydrogen) atoms. The topological polar surface area (TPSA) is 32.3 Å². The first-order valence-corrected chi connectivity index (χ1v) is 5.11. The molecule has 0 unspecified atom stereocenters. The molecule has 3 nitrogen and oxygen atoms in total. The van der Waals surface area contributed by atoms with E-state index in [2.05, 4.69) is 5.32 Å². The second-order valence-electron chi connectivity index (χ2n) is 4.04. The van der Waals surface area contributed by atoms with Crippen LogP contribution in [0.4, 0.5) is 0 Å². The van der Waals surface area contributed by atoms with E-state index in [9.17, 15) is 4.79 Å². The Hall–Kier alpha value is -0.570. The summed E-state index contributed by atoms with van der Waals surface area (Å²) in [7, 11) is 3.64. The van der Waals surface area contributed by atoms with E-state index < -0.39 is 0 Å². The number of hydrogen-bond acceptors (Lipinski definition) is 2. The third kappa shape index (κ3) is 3.77. The number of nitrogens with zero attached hydrogens (tertiary/aromatic N) is 1. The van der Waals surface area contributed by atoms with E-state index >= 15 is 0 Å². The van der Waals surface area contributed by atoms with Crippen LogP contribution in [0.1, 0.15) is 25.7 Å². The summed E-state index contributed by atoms with van der Waals surface area (Å²) in [4.78, 5) is 13.0. The molecule has 1 saturated heterocycles. The zero-order chi connectivity index (χ0) is 9.68. The van der Waals surface area contributed by atoms with Gasteiger partial charge in [0.05, 0.1) is 0 Å². The Morgan fingerprint density at radius 3 is 2.85 bits per heavy atom. The Labute approximate surface area is 80.5 Å². The summed E-state index contributed by atoms with van der Waals surface area (Å²) in [6.45, 7) is 2.25. The fraction of sp³-hybridized carbons (Fsp3) is 0.900. The quantitative estimate of drug-likeness (QED) is 0.705. The highest BCUT2D eigenvalue weighted by Gasteiger charge is 2.14. The lowest BCUT2D eigenvalue weighted by atomic mass is 9.94. The molecule has 0 aliphatic carbocycles. The van der Waals surface area contributed by atoms with Crippen molar-refractivity contribution in [3.8, 4) is 0 Å². The first kappa shape index (κ1) is 10.5. The molecular weight excluding hydrogens is 164 g/mol. The van der Waals surface area contributed by atoms with Gasteiger partial charge < -0.3 is 10.2 Å². The van der Waals surface area contributed by atoms with Gasteiger partial charge in [-0.1, -0.05) is 0 Å². The lowest BCUT2D eigenvalue weighted by molar-refractivity contribution is -0.129. The Balaban J connectivity index is 2.13. The Morgan fingerprint density at radius 2 is 2.31 bits per heavy atom. The monoisotopic (exact) mass is 184 g/mol. The van der Waals surface area contributed by atoms with E-state index in [1.807, 2.05) is 14.1 Å². The summed E-state index contributed by atoms with van der Waals surface area (Å²) < 4.78 is 0. The smallest absolute Gasteiger partial charge is 0.222 e. The molecule has 0 aromatic carbocycles. The minimum atomic E-state index is 0.255. The first-order chi connectivity index (χ1) is 6.20. The maximum absolute atomic E-state index is 11.3. The van der Waals surface area contributed by atoms with Crippen molar-refractivity contribution < 1.29 is 4.79 Å². The number of hydrogen-bond donors (Lipinski definition) is 1. The number of nitrogens with one attached hydrogen (secondary N) is 1. The van der Waals surface area contributed by atoms with Crippen LogP contribution >= 0.6 is 0 Å². The van der Waals surface area contributed by atoms with Gasteiger partial charge in [0, 0.05) is 20.5 Å². The van der Waals surface area contributed by atoms with E-state index in [0.29, 0.717) is 6.42 Å². The molecule has 1 aliphatic heterocycles. The third-order valence-corrected chi connectivity index (χ3v) is 2.66. The number of carbonyl (C=O) groups is 1. The first-order valence-electron chi connectivity index (χ1n) is 5.11. The molecule has 0 aromatic heterocycles. The van der Waals surface area contributed by atoms with Crippen molar-refractivity contribution in [1.82, 2.24) is 10.2 Å². The summed E-state index contributed by atoms with van der Waals surface area (Å²) in [6.07, 6.45) is 4.30. The molecule has 1 amide bonds. The van der Waals surface area contributed by atoms with Crippen LogP contribution in [-0.2, 0) is 4.79 Å². The molecule has 0 bridgehead atoms. The summed E-state index contributed by atoms with van der Waals surface area (Å²) in [5.74, 6) is 0.975. The molecule has 1 heterocycles. The highest BCUT2D eigenvalue weighted by molar-refractivity contribution is 5.75. The van der Waals surface area contributed by atoms with Crippen molar-refractivity contribution in [2.24, 2.45) is 5.92 Å². The molecule has 3 heteroatoms. The lowest BCUT2D eigenvalue weighted by Gasteiger charge is -2.22. The summed E-state index contributed by atoms with van der Waals surface area (Å²) in [5, 5.41) is 3.36. The number of rotatable bonds is 3. The molecule has 76 valence electrons. The zero-order valence-corrected chi connectivity index (χ0v) is 8.68. The molecular formula is C10H20N2O. The highest BCUT2D eigenvalue weighted by atomic mass is 16.2. The summed E-state index contributed by atoms with van der Waals surface area (Å²) >= 11 is 0. The minimum Gasteiger partial charge on any atom is -0.349 e. The Morgan fingerprint density at radius 1 is 1.54 bits per heavy atom. The highest BCUT2D eigenvalue weighted by Crippen LogP contribution is 2.15. The summed E-state index contributed by atoms with van der Waals surface area (Å²) in [5.41, 5.74) is 0. The van der Waals surface area contributed by atoms with Crippen LogP contribution in [0, 0.1) is 5.92 Å². The average Bonchev–Trinajstić information content (AvgIpc) is 2.15. The van der Waals surface area contributed by atoms with Crippen molar-refractivity contribution in [2.75, 3.05) is 27.2 Å². The van der Waals surface area contributed by atoms with Crippen molar-refractivity contribution >= 4 is 5.91 Å². The minimum absolute atomic E-state index is 0.255. The molecule has 0 radical (unpaired) electrons. The number of piperidine rings is 1. The van der Waals surface area contributed by atoms with Gasteiger partial charge >= 0.3 is 0 Å². The molecule has 1 aliphatic rings. The molecule has 0 saturated carbocycles. The molecule has 0 aromatic rings. The second-order valence-corrected chi connectivity index (χ2v) is 4.04. The van der Waals surface area contributed by atoms with Gasteiger partial charge in [0.1, 0.15) is 0 Å². The van der Waals surface area contributed by atoms with Gasteiger partial charge in [0.15, 0.2) is 0 Å². The maximum atomic E-state index is 11.3. The van der Waals surface area contributed by atoms with Gasteiger partial charge in [0.25, 0.3) is 0 Å². The van der Waals surface area contributed by atoms with Crippen LogP contribution in [0.3, 0.4) is 0 Å². The van der Waals surface area contributed by atoms with E-state index in [1.165, 1.54) is 12.8 Å². The molecule has 0 spiro atoms. The third-order valence-electron chi connectivity index (χ3n) is 2.66. The Bertz CT molecular complexity index is 162. The Kier molecular flexibility index (Phi) is 4.22. The molecule has 1 N–H and O–H groups in total. The van der Waals surface area contributed by atoms with Gasteiger partial charge in [-0.25, -0.2) is 0 Å². The largest absolute Gasteiger partial charge is 0.349 e. The van der Waals surface area contributed by atoms with Crippen LogP contribution in [-0.4, -0.2) is 38.0 Å². The second kappa shape index (κ2) is 5.22.